The molecule has 3 rings (SSSR count). The Morgan fingerprint density at radius 1 is 1.11 bits per heavy atom. The number of fused-ring (bicyclic) bond motifs is 1. The Labute approximate surface area is 161 Å². The molecule has 1 heterocycles. The van der Waals surface area contributed by atoms with Gasteiger partial charge in [-0.05, 0) is 36.2 Å². The smallest absolute Gasteiger partial charge is 0.307 e. The number of carbonyl (C=O) groups is 1. The first-order chi connectivity index (χ1) is 12.9. The van der Waals surface area contributed by atoms with Gasteiger partial charge < -0.3 is 24.3 Å². The van der Waals surface area contributed by atoms with Crippen molar-refractivity contribution in [3.05, 3.63) is 40.4 Å². The highest BCUT2D eigenvalue weighted by atomic mass is 35.5. The minimum atomic E-state index is -0.919. The van der Waals surface area contributed by atoms with E-state index in [9.17, 15) is 9.90 Å². The van der Waals surface area contributed by atoms with Crippen LogP contribution in [0, 0.1) is 6.92 Å². The van der Waals surface area contributed by atoms with Gasteiger partial charge in [0.1, 0.15) is 0 Å². The summed E-state index contributed by atoms with van der Waals surface area (Å²) in [5.41, 5.74) is 3.75. The number of hydrogen-bond acceptors (Lipinski definition) is 4. The van der Waals surface area contributed by atoms with E-state index in [2.05, 4.69) is 4.98 Å². The maximum Gasteiger partial charge on any atom is 0.307 e. The molecule has 0 aliphatic rings. The second-order valence-corrected chi connectivity index (χ2v) is 6.47. The molecule has 0 fully saturated rings. The quantitative estimate of drug-likeness (QED) is 0.651. The molecule has 0 radical (unpaired) electrons. The van der Waals surface area contributed by atoms with Crippen molar-refractivity contribution in [3.8, 4) is 28.5 Å². The van der Waals surface area contributed by atoms with E-state index in [0.29, 0.717) is 33.5 Å². The van der Waals surface area contributed by atoms with Crippen molar-refractivity contribution in [2.24, 2.45) is 0 Å². The van der Waals surface area contributed by atoms with E-state index in [1.807, 2.05) is 13.0 Å². The van der Waals surface area contributed by atoms with Crippen molar-refractivity contribution < 1.29 is 24.1 Å². The van der Waals surface area contributed by atoms with Crippen LogP contribution in [0.4, 0.5) is 0 Å². The molecule has 0 atom stereocenters. The Hall–Kier alpha value is -2.86. The Bertz CT molecular complexity index is 1000. The van der Waals surface area contributed by atoms with E-state index in [1.54, 1.807) is 18.2 Å². The van der Waals surface area contributed by atoms with E-state index in [-0.39, 0.29) is 6.42 Å². The maximum atomic E-state index is 11.5. The van der Waals surface area contributed by atoms with Crippen molar-refractivity contribution in [2.45, 2.75) is 13.3 Å². The van der Waals surface area contributed by atoms with Crippen LogP contribution in [0.5, 0.6) is 17.2 Å². The van der Waals surface area contributed by atoms with Crippen LogP contribution >= 0.6 is 11.6 Å². The zero-order chi connectivity index (χ0) is 19.7. The highest BCUT2D eigenvalue weighted by Crippen LogP contribution is 2.43. The number of aryl methyl sites for hydroxylation is 1. The van der Waals surface area contributed by atoms with Crippen LogP contribution in [-0.4, -0.2) is 37.4 Å². The van der Waals surface area contributed by atoms with Gasteiger partial charge in [-0.25, -0.2) is 0 Å². The lowest BCUT2D eigenvalue weighted by molar-refractivity contribution is -0.136. The zero-order valence-electron chi connectivity index (χ0n) is 15.5. The van der Waals surface area contributed by atoms with Gasteiger partial charge in [0, 0.05) is 16.0 Å². The van der Waals surface area contributed by atoms with Crippen LogP contribution < -0.4 is 14.2 Å². The SMILES string of the molecule is COc1cc(-c2[nH]c3c(C)c(Cl)ccc3c2CC(=O)O)cc(OC)c1OC. The van der Waals surface area contributed by atoms with Gasteiger partial charge in [-0.15, -0.1) is 0 Å². The van der Waals surface area contributed by atoms with Gasteiger partial charge in [0.15, 0.2) is 11.5 Å². The minimum absolute atomic E-state index is 0.132. The maximum absolute atomic E-state index is 11.5. The molecule has 6 nitrogen and oxygen atoms in total. The molecular weight excluding hydrogens is 370 g/mol. The average molecular weight is 390 g/mol. The number of methoxy groups -OCH3 is 3. The summed E-state index contributed by atoms with van der Waals surface area (Å²) < 4.78 is 16.2. The lowest BCUT2D eigenvalue weighted by Gasteiger charge is -2.14. The molecule has 0 saturated heterocycles. The third kappa shape index (κ3) is 3.28. The number of ether oxygens (including phenoxy) is 3. The number of hydrogen-bond donors (Lipinski definition) is 2. The average Bonchev–Trinajstić information content (AvgIpc) is 3.01. The van der Waals surface area contributed by atoms with Gasteiger partial charge in [0.05, 0.1) is 39.0 Å². The summed E-state index contributed by atoms with van der Waals surface area (Å²) in [6.07, 6.45) is -0.132. The van der Waals surface area contributed by atoms with Crippen LogP contribution in [0.3, 0.4) is 0 Å². The van der Waals surface area contributed by atoms with E-state index >= 15 is 0 Å². The summed E-state index contributed by atoms with van der Waals surface area (Å²) in [5, 5.41) is 10.8. The predicted molar refractivity (Wildman–Crippen MR) is 104 cm³/mol. The molecule has 27 heavy (non-hydrogen) atoms. The van der Waals surface area contributed by atoms with Crippen molar-refractivity contribution in [2.75, 3.05) is 21.3 Å². The molecule has 0 amide bonds. The van der Waals surface area contributed by atoms with Crippen LogP contribution in [0.1, 0.15) is 11.1 Å². The van der Waals surface area contributed by atoms with E-state index in [1.165, 1.54) is 21.3 Å². The Balaban J connectivity index is 2.33. The van der Waals surface area contributed by atoms with E-state index in [4.69, 9.17) is 25.8 Å². The molecule has 7 heteroatoms. The summed E-state index contributed by atoms with van der Waals surface area (Å²) in [6.45, 7) is 1.89. The van der Waals surface area contributed by atoms with Crippen molar-refractivity contribution in [1.82, 2.24) is 4.98 Å². The number of H-pyrrole nitrogens is 1. The third-order valence-electron chi connectivity index (χ3n) is 4.56. The Kier molecular flexibility index (Phi) is 5.19. The Morgan fingerprint density at radius 3 is 2.26 bits per heavy atom. The second kappa shape index (κ2) is 7.40. The summed E-state index contributed by atoms with van der Waals surface area (Å²) in [4.78, 5) is 14.8. The molecule has 2 aromatic carbocycles. The zero-order valence-corrected chi connectivity index (χ0v) is 16.2. The minimum Gasteiger partial charge on any atom is -0.493 e. The van der Waals surface area contributed by atoms with Crippen molar-refractivity contribution >= 4 is 28.5 Å². The fraction of sp³-hybridized carbons (Fsp3) is 0.250. The van der Waals surface area contributed by atoms with Crippen molar-refractivity contribution in [3.63, 3.8) is 0 Å². The first-order valence-electron chi connectivity index (χ1n) is 8.23. The third-order valence-corrected chi connectivity index (χ3v) is 4.97. The Morgan fingerprint density at radius 2 is 1.74 bits per heavy atom. The highest BCUT2D eigenvalue weighted by Gasteiger charge is 2.21. The molecule has 142 valence electrons. The molecular formula is C20H20ClNO5. The van der Waals surface area contributed by atoms with Gasteiger partial charge in [-0.2, -0.15) is 0 Å². The number of carboxylic acid groups (broad SMARTS) is 1. The number of aliphatic carboxylic acids is 1. The first-order valence-corrected chi connectivity index (χ1v) is 8.60. The molecule has 3 aromatic rings. The number of aromatic nitrogens is 1. The van der Waals surface area contributed by atoms with Gasteiger partial charge in [0.2, 0.25) is 5.75 Å². The molecule has 0 spiro atoms. The normalized spacial score (nSPS) is 10.9. The largest absolute Gasteiger partial charge is 0.493 e. The summed E-state index contributed by atoms with van der Waals surface area (Å²) in [6, 6.07) is 7.18. The lowest BCUT2D eigenvalue weighted by atomic mass is 10.0. The molecule has 0 unspecified atom stereocenters. The topological polar surface area (TPSA) is 80.8 Å². The molecule has 1 aromatic heterocycles. The number of benzene rings is 2. The van der Waals surface area contributed by atoms with Crippen molar-refractivity contribution in [1.29, 1.82) is 0 Å². The monoisotopic (exact) mass is 389 g/mol. The second-order valence-electron chi connectivity index (χ2n) is 6.06. The number of carboxylic acids is 1. The van der Waals surface area contributed by atoms with Gasteiger partial charge in [-0.3, -0.25) is 4.79 Å². The van der Waals surface area contributed by atoms with Gasteiger partial charge in [-0.1, -0.05) is 17.7 Å². The first kappa shape index (κ1) is 18.9. The number of halogens is 1. The standard InChI is InChI=1S/C20H20ClNO5/c1-10-14(21)6-5-12-13(9-17(23)24)19(22-18(10)12)11-7-15(25-2)20(27-4)16(8-11)26-3/h5-8,22H,9H2,1-4H3,(H,23,24). The number of rotatable bonds is 6. The lowest BCUT2D eigenvalue weighted by Crippen LogP contribution is -2.01. The van der Waals surface area contributed by atoms with Crippen LogP contribution in [0.2, 0.25) is 5.02 Å². The van der Waals surface area contributed by atoms with Crippen LogP contribution in [0.25, 0.3) is 22.2 Å². The highest BCUT2D eigenvalue weighted by molar-refractivity contribution is 6.32. The van der Waals surface area contributed by atoms with Gasteiger partial charge in [0.25, 0.3) is 0 Å². The van der Waals surface area contributed by atoms with Gasteiger partial charge >= 0.3 is 5.97 Å². The fourth-order valence-electron chi connectivity index (χ4n) is 3.24. The summed E-state index contributed by atoms with van der Waals surface area (Å²) in [7, 11) is 4.60. The molecule has 0 saturated carbocycles. The van der Waals surface area contributed by atoms with E-state index in [0.717, 1.165) is 22.0 Å². The number of aromatic amines is 1. The molecule has 2 N–H and O–H groups in total. The molecule has 0 bridgehead atoms. The summed E-state index contributed by atoms with van der Waals surface area (Å²) in [5.74, 6) is 0.527. The van der Waals surface area contributed by atoms with E-state index < -0.39 is 5.97 Å². The van der Waals surface area contributed by atoms with Crippen LogP contribution in [-0.2, 0) is 11.2 Å². The molecule has 0 aliphatic heterocycles. The summed E-state index contributed by atoms with van der Waals surface area (Å²) >= 11 is 6.24. The van der Waals surface area contributed by atoms with Crippen LogP contribution in [0.15, 0.2) is 24.3 Å². The number of nitrogens with one attached hydrogen (secondary N) is 1. The molecule has 0 aliphatic carbocycles. The fourth-order valence-corrected chi connectivity index (χ4v) is 3.40. The predicted octanol–water partition coefficient (Wildman–Crippen LogP) is 4.45.